The van der Waals surface area contributed by atoms with Gasteiger partial charge in [0.25, 0.3) is 0 Å². The number of Topliss-reactive ketones (excluding diaryl/α,β-unsaturated/α-hetero) is 1. The van der Waals surface area contributed by atoms with Crippen molar-refractivity contribution in [2.24, 2.45) is 0 Å². The number of hydrogen-bond donors (Lipinski definition) is 0. The largest absolute Gasteiger partial charge is 0.295 e. The number of carbonyl (C=O) groups is 1. The van der Waals surface area contributed by atoms with Crippen LogP contribution in [0.15, 0.2) is 23.8 Å². The first-order chi connectivity index (χ1) is 4.84. The summed E-state index contributed by atoms with van der Waals surface area (Å²) in [5.41, 5.74) is 0.998. The van der Waals surface area contributed by atoms with Crippen LogP contribution < -0.4 is 0 Å². The molecule has 1 rings (SSSR count). The van der Waals surface area contributed by atoms with Crippen molar-refractivity contribution in [2.45, 2.75) is 26.2 Å². The number of rotatable bonds is 1. The van der Waals surface area contributed by atoms with Crippen LogP contribution in [0.25, 0.3) is 0 Å². The van der Waals surface area contributed by atoms with E-state index in [0.717, 1.165) is 24.8 Å². The molecule has 0 aliphatic heterocycles. The Kier molecular flexibility index (Phi) is 2.43. The quantitative estimate of drug-likeness (QED) is 0.505. The van der Waals surface area contributed by atoms with E-state index in [2.05, 4.69) is 0 Å². The monoisotopic (exact) mass is 136 g/mol. The van der Waals surface area contributed by atoms with Gasteiger partial charge in [0.15, 0.2) is 5.78 Å². The first-order valence-electron chi connectivity index (χ1n) is 3.69. The Morgan fingerprint density at radius 2 is 2.20 bits per heavy atom. The molecule has 0 aromatic heterocycles. The molecule has 0 atom stereocenters. The van der Waals surface area contributed by atoms with Crippen LogP contribution in [0.3, 0.4) is 0 Å². The maximum Gasteiger partial charge on any atom is 0.158 e. The van der Waals surface area contributed by atoms with E-state index in [1.807, 2.05) is 25.2 Å². The van der Waals surface area contributed by atoms with Crippen LogP contribution in [0, 0.1) is 0 Å². The topological polar surface area (TPSA) is 17.1 Å². The predicted octanol–water partition coefficient (Wildman–Crippen LogP) is 2.24. The minimum atomic E-state index is 0.332. The highest BCUT2D eigenvalue weighted by molar-refractivity contribution is 5.97. The molecule has 0 radical (unpaired) electrons. The zero-order chi connectivity index (χ0) is 7.40. The molecule has 0 unspecified atom stereocenters. The van der Waals surface area contributed by atoms with Gasteiger partial charge in [0.2, 0.25) is 0 Å². The lowest BCUT2D eigenvalue weighted by atomic mass is 10.2. The Bertz CT molecular complexity index is 187. The molecule has 0 aromatic carbocycles. The van der Waals surface area contributed by atoms with Crippen molar-refractivity contribution >= 4 is 5.78 Å². The maximum atomic E-state index is 11.0. The molecule has 0 bridgehead atoms. The molecule has 0 spiro atoms. The Hall–Kier alpha value is -0.850. The summed E-state index contributed by atoms with van der Waals surface area (Å²) >= 11 is 0. The highest BCUT2D eigenvalue weighted by Crippen LogP contribution is 2.19. The summed E-state index contributed by atoms with van der Waals surface area (Å²) in [6.07, 6.45) is 8.57. The molecule has 0 saturated heterocycles. The van der Waals surface area contributed by atoms with Gasteiger partial charge in [0.05, 0.1) is 0 Å². The average Bonchev–Trinajstić information content (AvgIpc) is 2.31. The molecule has 1 nitrogen and oxygen atoms in total. The summed E-state index contributed by atoms with van der Waals surface area (Å²) in [6.45, 7) is 1.95. The Balaban J connectivity index is 2.62. The summed E-state index contributed by atoms with van der Waals surface area (Å²) in [7, 11) is 0. The second-order valence-electron chi connectivity index (χ2n) is 2.49. The van der Waals surface area contributed by atoms with Crippen LogP contribution in [-0.2, 0) is 4.79 Å². The third-order valence-electron chi connectivity index (χ3n) is 1.70. The SMILES string of the molecule is CC=CC=C1CCCC1=O. The molecule has 1 saturated carbocycles. The summed E-state index contributed by atoms with van der Waals surface area (Å²) in [5.74, 6) is 0.332. The van der Waals surface area contributed by atoms with E-state index >= 15 is 0 Å². The summed E-state index contributed by atoms with van der Waals surface area (Å²) in [5, 5.41) is 0. The van der Waals surface area contributed by atoms with Gasteiger partial charge in [-0.15, -0.1) is 0 Å². The van der Waals surface area contributed by atoms with Gasteiger partial charge in [0, 0.05) is 6.42 Å². The molecule has 1 fully saturated rings. The van der Waals surface area contributed by atoms with Crippen molar-refractivity contribution in [1.29, 1.82) is 0 Å². The van der Waals surface area contributed by atoms with Gasteiger partial charge in [-0.2, -0.15) is 0 Å². The fraction of sp³-hybridized carbons (Fsp3) is 0.444. The van der Waals surface area contributed by atoms with E-state index in [0.29, 0.717) is 5.78 Å². The molecular weight excluding hydrogens is 124 g/mol. The molecule has 1 heteroatoms. The fourth-order valence-electron chi connectivity index (χ4n) is 1.13. The van der Waals surface area contributed by atoms with Gasteiger partial charge >= 0.3 is 0 Å². The van der Waals surface area contributed by atoms with Gasteiger partial charge in [0.1, 0.15) is 0 Å². The van der Waals surface area contributed by atoms with E-state index in [-0.39, 0.29) is 0 Å². The smallest absolute Gasteiger partial charge is 0.158 e. The lowest BCUT2D eigenvalue weighted by Crippen LogP contribution is -1.89. The van der Waals surface area contributed by atoms with E-state index in [1.54, 1.807) is 0 Å². The summed E-state index contributed by atoms with van der Waals surface area (Å²) < 4.78 is 0. The van der Waals surface area contributed by atoms with Crippen molar-refractivity contribution < 1.29 is 4.79 Å². The second kappa shape index (κ2) is 3.35. The minimum Gasteiger partial charge on any atom is -0.295 e. The van der Waals surface area contributed by atoms with Crippen LogP contribution in [-0.4, -0.2) is 5.78 Å². The summed E-state index contributed by atoms with van der Waals surface area (Å²) in [4.78, 5) is 11.0. The zero-order valence-corrected chi connectivity index (χ0v) is 6.26. The maximum absolute atomic E-state index is 11.0. The van der Waals surface area contributed by atoms with Crippen molar-refractivity contribution in [3.63, 3.8) is 0 Å². The van der Waals surface area contributed by atoms with Gasteiger partial charge in [-0.1, -0.05) is 18.2 Å². The van der Waals surface area contributed by atoms with E-state index in [1.165, 1.54) is 0 Å². The lowest BCUT2D eigenvalue weighted by Gasteiger charge is -1.87. The average molecular weight is 136 g/mol. The Labute approximate surface area is 61.4 Å². The van der Waals surface area contributed by atoms with Crippen LogP contribution in [0.1, 0.15) is 26.2 Å². The van der Waals surface area contributed by atoms with Crippen molar-refractivity contribution in [2.75, 3.05) is 0 Å². The standard InChI is InChI=1S/C9H12O/c1-2-3-5-8-6-4-7-9(8)10/h2-3,5H,4,6-7H2,1H3. The van der Waals surface area contributed by atoms with Gasteiger partial charge in [-0.25, -0.2) is 0 Å². The molecule has 54 valence electrons. The summed E-state index contributed by atoms with van der Waals surface area (Å²) in [6, 6.07) is 0. The van der Waals surface area contributed by atoms with Crippen molar-refractivity contribution in [3.05, 3.63) is 23.8 Å². The minimum absolute atomic E-state index is 0.332. The van der Waals surface area contributed by atoms with Gasteiger partial charge < -0.3 is 0 Å². The van der Waals surface area contributed by atoms with Crippen LogP contribution in [0.4, 0.5) is 0 Å². The van der Waals surface area contributed by atoms with Crippen molar-refractivity contribution in [1.82, 2.24) is 0 Å². The molecule has 1 aliphatic rings. The highest BCUT2D eigenvalue weighted by atomic mass is 16.1. The molecule has 0 aromatic rings. The number of carbonyl (C=O) groups excluding carboxylic acids is 1. The van der Waals surface area contributed by atoms with E-state index in [9.17, 15) is 4.79 Å². The van der Waals surface area contributed by atoms with Gasteiger partial charge in [-0.3, -0.25) is 4.79 Å². The third-order valence-corrected chi connectivity index (χ3v) is 1.70. The predicted molar refractivity (Wildman–Crippen MR) is 41.8 cm³/mol. The third kappa shape index (κ3) is 1.56. The number of ketones is 1. The Morgan fingerprint density at radius 3 is 2.70 bits per heavy atom. The molecule has 1 aliphatic carbocycles. The van der Waals surface area contributed by atoms with Crippen LogP contribution in [0.5, 0.6) is 0 Å². The van der Waals surface area contributed by atoms with Crippen LogP contribution in [0.2, 0.25) is 0 Å². The molecule has 0 heterocycles. The normalized spacial score (nSPS) is 23.3. The Morgan fingerprint density at radius 1 is 1.40 bits per heavy atom. The molecule has 0 N–H and O–H groups in total. The highest BCUT2D eigenvalue weighted by Gasteiger charge is 2.14. The second-order valence-corrected chi connectivity index (χ2v) is 2.49. The first kappa shape index (κ1) is 7.26. The van der Waals surface area contributed by atoms with Crippen LogP contribution >= 0.6 is 0 Å². The number of hydrogen-bond acceptors (Lipinski definition) is 1. The van der Waals surface area contributed by atoms with E-state index < -0.39 is 0 Å². The van der Waals surface area contributed by atoms with Crippen molar-refractivity contribution in [3.8, 4) is 0 Å². The molecular formula is C9H12O. The van der Waals surface area contributed by atoms with Gasteiger partial charge in [-0.05, 0) is 25.3 Å². The fourth-order valence-corrected chi connectivity index (χ4v) is 1.13. The van der Waals surface area contributed by atoms with E-state index in [4.69, 9.17) is 0 Å². The molecule has 0 amide bonds. The lowest BCUT2D eigenvalue weighted by molar-refractivity contribution is -0.114. The molecule has 10 heavy (non-hydrogen) atoms. The first-order valence-corrected chi connectivity index (χ1v) is 3.69. The number of allylic oxidation sites excluding steroid dienone is 4. The zero-order valence-electron chi connectivity index (χ0n) is 6.26.